The fourth-order valence-electron chi connectivity index (χ4n) is 1.79. The van der Waals surface area contributed by atoms with Crippen LogP contribution in [0.4, 0.5) is 17.3 Å². The molecule has 0 unspecified atom stereocenters. The molecule has 0 amide bonds. The summed E-state index contributed by atoms with van der Waals surface area (Å²) in [5.74, 6) is 1.86. The molecule has 0 aliphatic heterocycles. The average Bonchev–Trinajstić information content (AvgIpc) is 2.87. The number of aryl methyl sites for hydroxylation is 1. The minimum absolute atomic E-state index is 0.490. The lowest BCUT2D eigenvalue weighted by atomic mass is 10.2. The molecular formula is C13H16BClF4N2O3S. The van der Waals surface area contributed by atoms with E-state index in [0.717, 1.165) is 4.88 Å². The topological polar surface area (TPSA) is 44.5 Å². The van der Waals surface area contributed by atoms with Crippen molar-refractivity contribution < 1.29 is 36.2 Å². The number of benzene rings is 1. The van der Waals surface area contributed by atoms with Crippen molar-refractivity contribution in [3.63, 3.8) is 0 Å². The third-order valence-corrected chi connectivity index (χ3v) is 3.70. The Kier molecular flexibility index (Phi) is 7.75. The normalized spacial score (nSPS) is 10.8. The van der Waals surface area contributed by atoms with Gasteiger partial charge in [0.05, 0.1) is 30.3 Å². The van der Waals surface area contributed by atoms with Gasteiger partial charge in [0.2, 0.25) is 0 Å². The number of rotatable bonds is 5. The maximum Gasteiger partial charge on any atom is 0.673 e. The lowest BCUT2D eigenvalue weighted by Crippen LogP contribution is -2.34. The molecule has 0 saturated carbocycles. The van der Waals surface area contributed by atoms with Gasteiger partial charge in [-0.3, -0.25) is 0 Å². The minimum Gasteiger partial charge on any atom is -0.495 e. The van der Waals surface area contributed by atoms with E-state index in [1.165, 1.54) is 11.5 Å². The van der Waals surface area contributed by atoms with Crippen molar-refractivity contribution in [2.24, 2.45) is 0 Å². The van der Waals surface area contributed by atoms with E-state index in [1.54, 1.807) is 31.0 Å². The van der Waals surface area contributed by atoms with E-state index in [0.29, 0.717) is 34.7 Å². The van der Waals surface area contributed by atoms with Gasteiger partial charge in [0.1, 0.15) is 10.6 Å². The molecule has 0 aliphatic rings. The average molecular weight is 403 g/mol. The molecule has 0 bridgehead atoms. The summed E-state index contributed by atoms with van der Waals surface area (Å²) in [6.45, 7) is 4.45. The first-order valence-corrected chi connectivity index (χ1v) is 8.08. The quantitative estimate of drug-likeness (QED) is 0.429. The van der Waals surface area contributed by atoms with Crippen molar-refractivity contribution in [3.05, 3.63) is 22.0 Å². The highest BCUT2D eigenvalue weighted by molar-refractivity contribution is 7.05. The van der Waals surface area contributed by atoms with Crippen LogP contribution in [-0.4, -0.2) is 32.6 Å². The van der Waals surface area contributed by atoms with Crippen LogP contribution >= 0.6 is 23.1 Å². The molecule has 12 heteroatoms. The third-order valence-electron chi connectivity index (χ3n) is 2.72. The second-order valence-corrected chi connectivity index (χ2v) is 5.80. The standard InChI is InChI=1S/C13H16ClN2O3S.BF4/c1-5-19-13-8(2)20-15-16(13)10-6-9(14)11(17-3)7-12(10)18-4;2-1(3,4)5/h6-7H,5H2,1-4H3;/q+1;-1. The van der Waals surface area contributed by atoms with Crippen LogP contribution in [0.15, 0.2) is 12.1 Å². The van der Waals surface area contributed by atoms with Gasteiger partial charge in [-0.25, -0.2) is 0 Å². The van der Waals surface area contributed by atoms with Gasteiger partial charge >= 0.3 is 13.1 Å². The maximum absolute atomic E-state index is 9.75. The Hall–Kier alpha value is -1.75. The molecule has 2 aromatic rings. The van der Waals surface area contributed by atoms with Crippen molar-refractivity contribution in [3.8, 4) is 23.1 Å². The maximum atomic E-state index is 9.75. The molecular weight excluding hydrogens is 386 g/mol. The van der Waals surface area contributed by atoms with Crippen LogP contribution in [0.1, 0.15) is 11.8 Å². The monoisotopic (exact) mass is 402 g/mol. The van der Waals surface area contributed by atoms with Gasteiger partial charge in [-0.05, 0) is 13.8 Å². The molecule has 0 atom stereocenters. The van der Waals surface area contributed by atoms with Gasteiger partial charge in [0.25, 0.3) is 5.69 Å². The first-order valence-electron chi connectivity index (χ1n) is 6.93. The zero-order chi connectivity index (χ0) is 19.2. The van der Waals surface area contributed by atoms with E-state index >= 15 is 0 Å². The highest BCUT2D eigenvalue weighted by atomic mass is 35.5. The predicted molar refractivity (Wildman–Crippen MR) is 87.9 cm³/mol. The fraction of sp³-hybridized carbons (Fsp3) is 0.385. The van der Waals surface area contributed by atoms with Gasteiger partial charge < -0.3 is 31.5 Å². The van der Waals surface area contributed by atoms with Crippen LogP contribution in [0.25, 0.3) is 5.69 Å². The van der Waals surface area contributed by atoms with Gasteiger partial charge in [-0.1, -0.05) is 11.6 Å². The molecule has 0 aliphatic carbocycles. The molecule has 5 nitrogen and oxygen atoms in total. The molecule has 0 fully saturated rings. The Morgan fingerprint density at radius 1 is 1.16 bits per heavy atom. The second kappa shape index (κ2) is 9.09. The lowest BCUT2D eigenvalue weighted by molar-refractivity contribution is -0.657. The highest BCUT2D eigenvalue weighted by Crippen LogP contribution is 2.33. The summed E-state index contributed by atoms with van der Waals surface area (Å²) in [5.41, 5.74) is 0.714. The fourth-order valence-corrected chi connectivity index (χ4v) is 2.61. The Bertz CT molecular complexity index is 709. The summed E-state index contributed by atoms with van der Waals surface area (Å²) in [5, 5.41) is 0.490. The SMILES string of the molecule is CCOc1c(C)sn[n+]1-c1cc(Cl)c(OC)cc1OC.F[B-](F)(F)F. The molecule has 140 valence electrons. The number of aromatic nitrogens is 2. The molecule has 1 aromatic carbocycles. The summed E-state index contributed by atoms with van der Waals surface area (Å²) in [6.07, 6.45) is 0. The Labute approximate surface area is 151 Å². The molecule has 1 aromatic heterocycles. The van der Waals surface area contributed by atoms with Gasteiger partial charge in [0.15, 0.2) is 5.75 Å². The van der Waals surface area contributed by atoms with E-state index in [2.05, 4.69) is 4.49 Å². The van der Waals surface area contributed by atoms with E-state index in [9.17, 15) is 17.3 Å². The molecule has 1 heterocycles. The number of hydrogen-bond donors (Lipinski definition) is 0. The number of halogens is 5. The van der Waals surface area contributed by atoms with Crippen molar-refractivity contribution in [2.75, 3.05) is 20.8 Å². The molecule has 2 rings (SSSR count). The summed E-state index contributed by atoms with van der Waals surface area (Å²) in [4.78, 5) is 0.987. The van der Waals surface area contributed by atoms with Crippen LogP contribution in [0, 0.1) is 6.92 Å². The Morgan fingerprint density at radius 3 is 2.20 bits per heavy atom. The molecule has 0 radical (unpaired) electrons. The van der Waals surface area contributed by atoms with E-state index in [4.69, 9.17) is 25.8 Å². The number of nitrogens with zero attached hydrogens (tertiary/aromatic N) is 2. The molecule has 0 spiro atoms. The van der Waals surface area contributed by atoms with Crippen molar-refractivity contribution in [1.82, 2.24) is 4.49 Å². The zero-order valence-electron chi connectivity index (χ0n) is 13.9. The zero-order valence-corrected chi connectivity index (χ0v) is 15.4. The van der Waals surface area contributed by atoms with Gasteiger partial charge in [-0.2, -0.15) is 0 Å². The lowest BCUT2D eigenvalue weighted by Gasteiger charge is -2.07. The van der Waals surface area contributed by atoms with Crippen molar-refractivity contribution in [1.29, 1.82) is 0 Å². The highest BCUT2D eigenvalue weighted by Gasteiger charge is 2.28. The number of hydrogen-bond acceptors (Lipinski definition) is 5. The van der Waals surface area contributed by atoms with E-state index < -0.39 is 7.25 Å². The predicted octanol–water partition coefficient (Wildman–Crippen LogP) is 4.10. The third kappa shape index (κ3) is 6.24. The first-order chi connectivity index (χ1) is 11.6. The molecule has 0 N–H and O–H groups in total. The number of ether oxygens (including phenoxy) is 3. The Morgan fingerprint density at radius 2 is 1.72 bits per heavy atom. The Balaban J connectivity index is 0.000000550. The largest absolute Gasteiger partial charge is 0.673 e. The molecule has 0 saturated heterocycles. The summed E-state index contributed by atoms with van der Waals surface area (Å²) >= 11 is 7.54. The first kappa shape index (κ1) is 21.3. The minimum atomic E-state index is -6.00. The van der Waals surface area contributed by atoms with Crippen LogP contribution in [0.3, 0.4) is 0 Å². The summed E-state index contributed by atoms with van der Waals surface area (Å²) in [6, 6.07) is 3.48. The smallest absolute Gasteiger partial charge is 0.495 e. The van der Waals surface area contributed by atoms with Crippen molar-refractivity contribution in [2.45, 2.75) is 13.8 Å². The van der Waals surface area contributed by atoms with Gasteiger partial charge in [0, 0.05) is 28.3 Å². The summed E-state index contributed by atoms with van der Waals surface area (Å²) in [7, 11) is -2.85. The summed E-state index contributed by atoms with van der Waals surface area (Å²) < 4.78 is 61.3. The van der Waals surface area contributed by atoms with Gasteiger partial charge in [-0.15, -0.1) is 0 Å². The number of methoxy groups -OCH3 is 2. The van der Waals surface area contributed by atoms with E-state index in [-0.39, 0.29) is 0 Å². The van der Waals surface area contributed by atoms with E-state index in [1.807, 2.05) is 13.8 Å². The van der Waals surface area contributed by atoms with Crippen molar-refractivity contribution >= 4 is 30.4 Å². The van der Waals surface area contributed by atoms with Crippen LogP contribution < -0.4 is 18.9 Å². The van der Waals surface area contributed by atoms with Crippen LogP contribution in [0.5, 0.6) is 17.4 Å². The molecule has 25 heavy (non-hydrogen) atoms. The second-order valence-electron chi connectivity index (χ2n) is 4.43. The van der Waals surface area contributed by atoms with Crippen LogP contribution in [0.2, 0.25) is 5.02 Å². The van der Waals surface area contributed by atoms with Crippen LogP contribution in [-0.2, 0) is 0 Å².